The third-order valence-electron chi connectivity index (χ3n) is 9.63. The topological polar surface area (TPSA) is 0 Å². The van der Waals surface area contributed by atoms with Crippen molar-refractivity contribution in [1.29, 1.82) is 0 Å². The van der Waals surface area contributed by atoms with Crippen LogP contribution in [0.2, 0.25) is 0 Å². The summed E-state index contributed by atoms with van der Waals surface area (Å²) in [5.74, 6) is 0. The Kier molecular flexibility index (Phi) is 4.49. The van der Waals surface area contributed by atoms with Crippen LogP contribution in [0.1, 0.15) is 25.0 Å². The predicted molar refractivity (Wildman–Crippen MR) is 176 cm³/mol. The fourth-order valence-corrected chi connectivity index (χ4v) is 7.68. The fourth-order valence-electron chi connectivity index (χ4n) is 7.68. The first-order chi connectivity index (χ1) is 20.1. The predicted octanol–water partition coefficient (Wildman–Crippen LogP) is 11.4. The third kappa shape index (κ3) is 3.00. The van der Waals surface area contributed by atoms with Gasteiger partial charge in [-0.15, -0.1) is 0 Å². The average Bonchev–Trinajstić information content (AvgIpc) is 3.26. The van der Waals surface area contributed by atoms with Gasteiger partial charge in [0.15, 0.2) is 0 Å². The quantitative estimate of drug-likeness (QED) is 0.199. The molecule has 9 rings (SSSR count). The molecule has 41 heavy (non-hydrogen) atoms. The van der Waals surface area contributed by atoms with Crippen LogP contribution in [0.15, 0.2) is 133 Å². The average molecular weight is 521 g/mol. The molecule has 0 amide bonds. The van der Waals surface area contributed by atoms with E-state index < -0.39 is 0 Å². The van der Waals surface area contributed by atoms with E-state index in [0.29, 0.717) is 0 Å². The second-order valence-corrected chi connectivity index (χ2v) is 12.1. The first kappa shape index (κ1) is 22.8. The second-order valence-electron chi connectivity index (χ2n) is 12.1. The van der Waals surface area contributed by atoms with Gasteiger partial charge in [-0.3, -0.25) is 0 Å². The van der Waals surface area contributed by atoms with Crippen molar-refractivity contribution < 1.29 is 0 Å². The van der Waals surface area contributed by atoms with Crippen molar-refractivity contribution >= 4 is 43.1 Å². The Balaban J connectivity index is 1.39. The zero-order valence-corrected chi connectivity index (χ0v) is 23.2. The Bertz CT molecular complexity index is 2320. The van der Waals surface area contributed by atoms with E-state index in [-0.39, 0.29) is 5.41 Å². The highest BCUT2D eigenvalue weighted by Gasteiger charge is 2.37. The minimum Gasteiger partial charge on any atom is -0.0622 e. The van der Waals surface area contributed by atoms with Crippen molar-refractivity contribution in [1.82, 2.24) is 0 Å². The smallest absolute Gasteiger partial charge is 0.0159 e. The number of benzene rings is 8. The molecule has 0 saturated carbocycles. The van der Waals surface area contributed by atoms with E-state index in [2.05, 4.69) is 147 Å². The lowest BCUT2D eigenvalue weighted by molar-refractivity contribution is 0.661. The Hall–Kier alpha value is -4.94. The molecule has 192 valence electrons. The molecule has 1 aliphatic rings. The van der Waals surface area contributed by atoms with Crippen molar-refractivity contribution in [3.63, 3.8) is 0 Å². The van der Waals surface area contributed by atoms with Crippen LogP contribution in [0.5, 0.6) is 0 Å². The second kappa shape index (κ2) is 8.05. The first-order valence-corrected chi connectivity index (χ1v) is 14.5. The van der Waals surface area contributed by atoms with Crippen LogP contribution in [0.3, 0.4) is 0 Å². The van der Waals surface area contributed by atoms with Gasteiger partial charge >= 0.3 is 0 Å². The van der Waals surface area contributed by atoms with Gasteiger partial charge in [0.25, 0.3) is 0 Å². The van der Waals surface area contributed by atoms with Crippen molar-refractivity contribution in [3.8, 4) is 33.4 Å². The van der Waals surface area contributed by atoms with Crippen LogP contribution in [0.25, 0.3) is 76.5 Å². The van der Waals surface area contributed by atoms with E-state index in [0.717, 1.165) is 0 Å². The van der Waals surface area contributed by atoms with Gasteiger partial charge in [0.2, 0.25) is 0 Å². The van der Waals surface area contributed by atoms with Crippen molar-refractivity contribution in [2.45, 2.75) is 19.3 Å². The molecule has 0 atom stereocenters. The molecule has 0 heterocycles. The SMILES string of the molecule is CC1(C)c2ccccc2-c2c1cc(-c1ccc3ccc4c(-c5ccccc5)ccc5ccc1c3c54)c1ccccc21. The minimum absolute atomic E-state index is 0.0565. The summed E-state index contributed by atoms with van der Waals surface area (Å²) < 4.78 is 0. The summed E-state index contributed by atoms with van der Waals surface area (Å²) in [6.45, 7) is 4.76. The highest BCUT2D eigenvalue weighted by atomic mass is 14.4. The molecular formula is C41H28. The van der Waals surface area contributed by atoms with Gasteiger partial charge in [-0.1, -0.05) is 141 Å². The van der Waals surface area contributed by atoms with E-state index in [1.807, 2.05) is 0 Å². The summed E-state index contributed by atoms with van der Waals surface area (Å²) in [6, 6.07) is 49.8. The number of rotatable bonds is 2. The molecule has 0 spiro atoms. The molecule has 0 saturated heterocycles. The van der Waals surface area contributed by atoms with Gasteiger partial charge in [0.1, 0.15) is 0 Å². The van der Waals surface area contributed by atoms with Crippen LogP contribution in [-0.2, 0) is 5.41 Å². The summed E-state index contributed by atoms with van der Waals surface area (Å²) >= 11 is 0. The number of hydrogen-bond acceptors (Lipinski definition) is 0. The Morgan fingerprint density at radius 1 is 0.390 bits per heavy atom. The normalized spacial score (nSPS) is 13.8. The summed E-state index contributed by atoms with van der Waals surface area (Å²) in [4.78, 5) is 0. The summed E-state index contributed by atoms with van der Waals surface area (Å²) in [5, 5.41) is 10.6. The molecule has 8 aromatic carbocycles. The fraction of sp³-hybridized carbons (Fsp3) is 0.0732. The molecule has 0 bridgehead atoms. The molecule has 0 nitrogen and oxygen atoms in total. The van der Waals surface area contributed by atoms with Crippen molar-refractivity contribution in [2.24, 2.45) is 0 Å². The van der Waals surface area contributed by atoms with E-state index in [4.69, 9.17) is 0 Å². The van der Waals surface area contributed by atoms with Gasteiger partial charge in [-0.2, -0.15) is 0 Å². The molecule has 1 aliphatic carbocycles. The van der Waals surface area contributed by atoms with Crippen LogP contribution in [0.4, 0.5) is 0 Å². The summed E-state index contributed by atoms with van der Waals surface area (Å²) in [7, 11) is 0. The zero-order chi connectivity index (χ0) is 27.3. The molecule has 0 N–H and O–H groups in total. The third-order valence-corrected chi connectivity index (χ3v) is 9.63. The maximum atomic E-state index is 2.50. The standard InChI is InChI=1S/C41H28/c1-41(2)36-15-9-8-14-34(36)40-31-13-7-6-12-29(31)35(24-37(40)41)30-21-17-27-18-22-32-28(25-10-4-3-5-11-25)20-16-26-19-23-33(30)39(27)38(26)32/h3-24H,1-2H3. The lowest BCUT2D eigenvalue weighted by Gasteiger charge is -2.23. The Morgan fingerprint density at radius 3 is 1.73 bits per heavy atom. The maximum Gasteiger partial charge on any atom is 0.0159 e. The summed E-state index contributed by atoms with van der Waals surface area (Å²) in [6.07, 6.45) is 0. The lowest BCUT2D eigenvalue weighted by Crippen LogP contribution is -2.15. The van der Waals surface area contributed by atoms with Crippen molar-refractivity contribution in [2.75, 3.05) is 0 Å². The highest BCUT2D eigenvalue weighted by molar-refractivity contribution is 6.28. The first-order valence-electron chi connectivity index (χ1n) is 14.5. The molecule has 0 heteroatoms. The van der Waals surface area contributed by atoms with Gasteiger partial charge in [-0.05, 0) is 93.7 Å². The monoisotopic (exact) mass is 520 g/mol. The highest BCUT2D eigenvalue weighted by Crippen LogP contribution is 2.54. The van der Waals surface area contributed by atoms with E-state index in [1.54, 1.807) is 0 Å². The molecule has 0 aliphatic heterocycles. The van der Waals surface area contributed by atoms with Crippen LogP contribution >= 0.6 is 0 Å². The summed E-state index contributed by atoms with van der Waals surface area (Å²) in [5.41, 5.74) is 10.7. The molecule has 0 fully saturated rings. The number of fused-ring (bicyclic) bond motifs is 5. The van der Waals surface area contributed by atoms with Gasteiger partial charge < -0.3 is 0 Å². The largest absolute Gasteiger partial charge is 0.0622 e. The molecular weight excluding hydrogens is 492 g/mol. The lowest BCUT2D eigenvalue weighted by atomic mass is 9.79. The molecule has 8 aromatic rings. The van der Waals surface area contributed by atoms with Gasteiger partial charge in [0, 0.05) is 5.41 Å². The molecule has 0 aromatic heterocycles. The Morgan fingerprint density at radius 2 is 0.976 bits per heavy atom. The number of hydrogen-bond donors (Lipinski definition) is 0. The van der Waals surface area contributed by atoms with Gasteiger partial charge in [-0.25, -0.2) is 0 Å². The van der Waals surface area contributed by atoms with Crippen LogP contribution in [0, 0.1) is 0 Å². The van der Waals surface area contributed by atoms with Crippen LogP contribution in [-0.4, -0.2) is 0 Å². The zero-order valence-electron chi connectivity index (χ0n) is 23.2. The van der Waals surface area contributed by atoms with E-state index in [1.165, 1.54) is 87.6 Å². The van der Waals surface area contributed by atoms with Gasteiger partial charge in [0.05, 0.1) is 0 Å². The van der Waals surface area contributed by atoms with E-state index in [9.17, 15) is 0 Å². The Labute approximate surface area is 239 Å². The van der Waals surface area contributed by atoms with Crippen LogP contribution < -0.4 is 0 Å². The minimum atomic E-state index is -0.0565. The molecule has 0 unspecified atom stereocenters. The molecule has 0 radical (unpaired) electrons. The van der Waals surface area contributed by atoms with Crippen molar-refractivity contribution in [3.05, 3.63) is 145 Å². The maximum absolute atomic E-state index is 2.50. The van der Waals surface area contributed by atoms with E-state index >= 15 is 0 Å².